The van der Waals surface area contributed by atoms with E-state index in [0.29, 0.717) is 6.04 Å². The lowest BCUT2D eigenvalue weighted by Gasteiger charge is -2.35. The Kier molecular flexibility index (Phi) is 6.96. The SMILES string of the molecule is CCCNCC1COCCN1Cc1ccc(OC)c(Br)c1. The number of hydrogen-bond acceptors (Lipinski definition) is 4. The van der Waals surface area contributed by atoms with Gasteiger partial charge in [-0.05, 0) is 46.6 Å². The summed E-state index contributed by atoms with van der Waals surface area (Å²) in [6.07, 6.45) is 1.17. The molecular weight excluding hydrogens is 332 g/mol. The monoisotopic (exact) mass is 356 g/mol. The molecule has 1 aromatic rings. The Labute approximate surface area is 135 Å². The maximum absolute atomic E-state index is 5.63. The first-order chi connectivity index (χ1) is 10.2. The van der Waals surface area contributed by atoms with Crippen molar-refractivity contribution in [3.8, 4) is 5.75 Å². The molecule has 0 amide bonds. The van der Waals surface area contributed by atoms with Crippen LogP contribution in [0.1, 0.15) is 18.9 Å². The molecule has 0 radical (unpaired) electrons. The molecule has 1 saturated heterocycles. The number of morpholine rings is 1. The Morgan fingerprint density at radius 3 is 3.05 bits per heavy atom. The van der Waals surface area contributed by atoms with E-state index >= 15 is 0 Å². The van der Waals surface area contributed by atoms with Crippen molar-refractivity contribution >= 4 is 15.9 Å². The van der Waals surface area contributed by atoms with Crippen molar-refractivity contribution in [1.29, 1.82) is 0 Å². The highest BCUT2D eigenvalue weighted by molar-refractivity contribution is 9.10. The lowest BCUT2D eigenvalue weighted by molar-refractivity contribution is -0.0108. The van der Waals surface area contributed by atoms with Crippen LogP contribution in [0.25, 0.3) is 0 Å². The number of benzene rings is 1. The van der Waals surface area contributed by atoms with Crippen molar-refractivity contribution in [2.45, 2.75) is 25.9 Å². The van der Waals surface area contributed by atoms with Gasteiger partial charge in [0.1, 0.15) is 5.75 Å². The van der Waals surface area contributed by atoms with E-state index in [1.165, 1.54) is 12.0 Å². The van der Waals surface area contributed by atoms with Crippen LogP contribution in [0.5, 0.6) is 5.75 Å². The molecule has 1 unspecified atom stereocenters. The third-order valence-corrected chi connectivity index (χ3v) is 4.38. The fraction of sp³-hybridized carbons (Fsp3) is 0.625. The molecule has 0 bridgehead atoms. The number of nitrogens with one attached hydrogen (secondary N) is 1. The summed E-state index contributed by atoms with van der Waals surface area (Å²) in [6.45, 7) is 7.82. The van der Waals surface area contributed by atoms with Gasteiger partial charge in [0.05, 0.1) is 24.8 Å². The summed E-state index contributed by atoms with van der Waals surface area (Å²) in [7, 11) is 1.69. The lowest BCUT2D eigenvalue weighted by Crippen LogP contribution is -2.49. The highest BCUT2D eigenvalue weighted by Crippen LogP contribution is 2.26. The molecule has 0 saturated carbocycles. The normalized spacial score (nSPS) is 19.7. The van der Waals surface area contributed by atoms with Crippen molar-refractivity contribution in [2.75, 3.05) is 40.0 Å². The lowest BCUT2D eigenvalue weighted by atomic mass is 10.1. The van der Waals surface area contributed by atoms with E-state index < -0.39 is 0 Å². The second-order valence-electron chi connectivity index (χ2n) is 5.37. The molecule has 1 fully saturated rings. The van der Waals surface area contributed by atoms with Crippen molar-refractivity contribution in [1.82, 2.24) is 10.2 Å². The fourth-order valence-corrected chi connectivity index (χ4v) is 3.16. The minimum absolute atomic E-state index is 0.450. The fourth-order valence-electron chi connectivity index (χ4n) is 2.57. The molecule has 1 aromatic carbocycles. The Morgan fingerprint density at radius 1 is 1.48 bits per heavy atom. The van der Waals surface area contributed by atoms with Crippen LogP contribution in [0.2, 0.25) is 0 Å². The summed E-state index contributed by atoms with van der Waals surface area (Å²) >= 11 is 3.56. The van der Waals surface area contributed by atoms with Crippen LogP contribution >= 0.6 is 15.9 Å². The Morgan fingerprint density at radius 2 is 2.33 bits per heavy atom. The van der Waals surface area contributed by atoms with Crippen LogP contribution in [0, 0.1) is 0 Å². The summed E-state index contributed by atoms with van der Waals surface area (Å²) in [5, 5.41) is 3.50. The largest absolute Gasteiger partial charge is 0.496 e. The van der Waals surface area contributed by atoms with Gasteiger partial charge in [-0.15, -0.1) is 0 Å². The first kappa shape index (κ1) is 16.7. The van der Waals surface area contributed by atoms with E-state index in [0.717, 1.165) is 49.6 Å². The van der Waals surface area contributed by atoms with Gasteiger partial charge < -0.3 is 14.8 Å². The molecule has 0 aliphatic carbocycles. The van der Waals surface area contributed by atoms with Crippen LogP contribution in [0.4, 0.5) is 0 Å². The topological polar surface area (TPSA) is 33.7 Å². The number of hydrogen-bond donors (Lipinski definition) is 1. The summed E-state index contributed by atoms with van der Waals surface area (Å²) < 4.78 is 11.9. The smallest absolute Gasteiger partial charge is 0.133 e. The number of halogens is 1. The Balaban J connectivity index is 1.96. The van der Waals surface area contributed by atoms with Gasteiger partial charge in [-0.1, -0.05) is 13.0 Å². The van der Waals surface area contributed by atoms with Crippen molar-refractivity contribution in [2.24, 2.45) is 0 Å². The molecule has 1 heterocycles. The first-order valence-electron chi connectivity index (χ1n) is 7.59. The molecule has 5 heteroatoms. The van der Waals surface area contributed by atoms with Crippen molar-refractivity contribution in [3.05, 3.63) is 28.2 Å². The molecule has 1 aliphatic heterocycles. The van der Waals surface area contributed by atoms with Crippen molar-refractivity contribution in [3.63, 3.8) is 0 Å². The third-order valence-electron chi connectivity index (χ3n) is 3.76. The zero-order valence-electron chi connectivity index (χ0n) is 12.9. The van der Waals surface area contributed by atoms with E-state index in [2.05, 4.69) is 45.2 Å². The molecule has 0 aromatic heterocycles. The Hall–Kier alpha value is -0.620. The van der Waals surface area contributed by atoms with Crippen LogP contribution in [0.15, 0.2) is 22.7 Å². The third kappa shape index (κ3) is 4.95. The molecule has 118 valence electrons. The summed E-state index contributed by atoms with van der Waals surface area (Å²) in [5.41, 5.74) is 1.30. The standard InChI is InChI=1S/C16H25BrN2O2/c1-3-6-18-10-14-12-21-8-7-19(14)11-13-4-5-16(20-2)15(17)9-13/h4-5,9,14,18H,3,6-8,10-12H2,1-2H3. The predicted octanol–water partition coefficient (Wildman–Crippen LogP) is 2.66. The highest BCUT2D eigenvalue weighted by atomic mass is 79.9. The number of nitrogens with zero attached hydrogens (tertiary/aromatic N) is 1. The molecular formula is C16H25BrN2O2. The summed E-state index contributed by atoms with van der Waals surface area (Å²) in [5.74, 6) is 0.877. The number of methoxy groups -OCH3 is 1. The van der Waals surface area contributed by atoms with Gasteiger partial charge in [0.15, 0.2) is 0 Å². The van der Waals surface area contributed by atoms with E-state index in [1.54, 1.807) is 7.11 Å². The van der Waals surface area contributed by atoms with Gasteiger partial charge in [0, 0.05) is 25.7 Å². The maximum Gasteiger partial charge on any atom is 0.133 e. The second kappa shape index (κ2) is 8.73. The highest BCUT2D eigenvalue weighted by Gasteiger charge is 2.22. The summed E-state index contributed by atoms with van der Waals surface area (Å²) in [6, 6.07) is 6.75. The number of rotatable bonds is 7. The van der Waals surface area contributed by atoms with Gasteiger partial charge in [0.25, 0.3) is 0 Å². The maximum atomic E-state index is 5.63. The van der Waals surface area contributed by atoms with E-state index in [4.69, 9.17) is 9.47 Å². The molecule has 2 rings (SSSR count). The molecule has 1 N–H and O–H groups in total. The average molecular weight is 357 g/mol. The first-order valence-corrected chi connectivity index (χ1v) is 8.38. The molecule has 1 aliphatic rings. The molecule has 0 spiro atoms. The van der Waals surface area contributed by atoms with E-state index in [-0.39, 0.29) is 0 Å². The van der Waals surface area contributed by atoms with Crippen molar-refractivity contribution < 1.29 is 9.47 Å². The van der Waals surface area contributed by atoms with Crippen LogP contribution in [-0.2, 0) is 11.3 Å². The van der Waals surface area contributed by atoms with Gasteiger partial charge in [-0.25, -0.2) is 0 Å². The van der Waals surface area contributed by atoms with Crippen LogP contribution < -0.4 is 10.1 Å². The predicted molar refractivity (Wildman–Crippen MR) is 88.9 cm³/mol. The minimum Gasteiger partial charge on any atom is -0.496 e. The molecule has 1 atom stereocenters. The van der Waals surface area contributed by atoms with Crippen LogP contribution in [0.3, 0.4) is 0 Å². The Bertz CT molecular complexity index is 442. The van der Waals surface area contributed by atoms with Gasteiger partial charge in [-0.2, -0.15) is 0 Å². The van der Waals surface area contributed by atoms with Gasteiger partial charge >= 0.3 is 0 Å². The van der Waals surface area contributed by atoms with E-state index in [1.807, 2.05) is 6.07 Å². The minimum atomic E-state index is 0.450. The zero-order valence-corrected chi connectivity index (χ0v) is 14.5. The molecule has 21 heavy (non-hydrogen) atoms. The van der Waals surface area contributed by atoms with Gasteiger partial charge in [0.2, 0.25) is 0 Å². The average Bonchev–Trinajstić information content (AvgIpc) is 2.49. The number of ether oxygens (including phenoxy) is 2. The zero-order chi connectivity index (χ0) is 15.1. The second-order valence-corrected chi connectivity index (χ2v) is 6.23. The van der Waals surface area contributed by atoms with Gasteiger partial charge in [-0.3, -0.25) is 4.90 Å². The quantitative estimate of drug-likeness (QED) is 0.761. The van der Waals surface area contributed by atoms with Crippen LogP contribution in [-0.4, -0.2) is 50.9 Å². The summed E-state index contributed by atoms with van der Waals surface area (Å²) in [4.78, 5) is 2.50. The van der Waals surface area contributed by atoms with E-state index in [9.17, 15) is 0 Å². The molecule has 4 nitrogen and oxygen atoms in total.